The molecule has 1 aliphatic heterocycles. The van der Waals surface area contributed by atoms with Crippen LogP contribution in [0.25, 0.3) is 11.1 Å². The SMILES string of the molecule is O=C(NCCN1CCC(O)CC1)c1cccc(-c2cc(O)c(F)c(F)c2)c1. The number of halogens is 2. The molecule has 0 bridgehead atoms. The first-order valence-corrected chi connectivity index (χ1v) is 8.91. The molecule has 1 saturated heterocycles. The molecular formula is C20H22F2N2O3. The first kappa shape index (κ1) is 19.3. The minimum absolute atomic E-state index is 0.227. The zero-order valence-corrected chi connectivity index (χ0v) is 14.8. The van der Waals surface area contributed by atoms with Gasteiger partial charge in [0.05, 0.1) is 6.10 Å². The smallest absolute Gasteiger partial charge is 0.251 e. The van der Waals surface area contributed by atoms with E-state index in [0.717, 1.165) is 38.1 Å². The van der Waals surface area contributed by atoms with E-state index in [4.69, 9.17) is 0 Å². The van der Waals surface area contributed by atoms with Crippen molar-refractivity contribution in [2.75, 3.05) is 26.2 Å². The number of amides is 1. The summed E-state index contributed by atoms with van der Waals surface area (Å²) in [6, 6.07) is 8.61. The van der Waals surface area contributed by atoms with Gasteiger partial charge in [0.1, 0.15) is 0 Å². The Hall–Kier alpha value is -2.51. The number of phenols is 1. The number of aromatic hydroxyl groups is 1. The number of likely N-dealkylation sites (tertiary alicyclic amines) is 1. The molecule has 1 aliphatic rings. The van der Waals surface area contributed by atoms with E-state index in [1.54, 1.807) is 24.3 Å². The van der Waals surface area contributed by atoms with Crippen molar-refractivity contribution in [2.24, 2.45) is 0 Å². The van der Waals surface area contributed by atoms with Crippen LogP contribution in [0.1, 0.15) is 23.2 Å². The number of hydrogen-bond acceptors (Lipinski definition) is 4. The number of carbonyl (C=O) groups is 1. The van der Waals surface area contributed by atoms with Gasteiger partial charge in [0, 0.05) is 31.7 Å². The van der Waals surface area contributed by atoms with Gasteiger partial charge < -0.3 is 20.4 Å². The molecule has 7 heteroatoms. The molecule has 2 aromatic carbocycles. The van der Waals surface area contributed by atoms with E-state index in [-0.39, 0.29) is 17.6 Å². The summed E-state index contributed by atoms with van der Waals surface area (Å²) in [4.78, 5) is 14.5. The van der Waals surface area contributed by atoms with Crippen LogP contribution < -0.4 is 5.32 Å². The van der Waals surface area contributed by atoms with E-state index in [1.165, 1.54) is 0 Å². The van der Waals surface area contributed by atoms with Crippen molar-refractivity contribution in [3.8, 4) is 16.9 Å². The maximum absolute atomic E-state index is 13.5. The lowest BCUT2D eigenvalue weighted by Gasteiger charge is -2.29. The van der Waals surface area contributed by atoms with Gasteiger partial charge in [-0.1, -0.05) is 12.1 Å². The van der Waals surface area contributed by atoms with E-state index in [2.05, 4.69) is 10.2 Å². The fourth-order valence-corrected chi connectivity index (χ4v) is 3.15. The molecule has 144 valence electrons. The Morgan fingerprint density at radius 2 is 1.89 bits per heavy atom. The number of aliphatic hydroxyl groups is 1. The van der Waals surface area contributed by atoms with Gasteiger partial charge in [-0.25, -0.2) is 4.39 Å². The molecule has 0 aliphatic carbocycles. The maximum Gasteiger partial charge on any atom is 0.251 e. The topological polar surface area (TPSA) is 72.8 Å². The second-order valence-electron chi connectivity index (χ2n) is 6.70. The summed E-state index contributed by atoms with van der Waals surface area (Å²) in [6.07, 6.45) is 1.27. The highest BCUT2D eigenvalue weighted by molar-refractivity contribution is 5.95. The Morgan fingerprint density at radius 3 is 2.59 bits per heavy atom. The largest absolute Gasteiger partial charge is 0.505 e. The van der Waals surface area contributed by atoms with E-state index < -0.39 is 17.4 Å². The number of rotatable bonds is 5. The van der Waals surface area contributed by atoms with Crippen molar-refractivity contribution >= 4 is 5.91 Å². The first-order valence-electron chi connectivity index (χ1n) is 8.91. The van der Waals surface area contributed by atoms with Crippen molar-refractivity contribution in [2.45, 2.75) is 18.9 Å². The second kappa shape index (κ2) is 8.45. The van der Waals surface area contributed by atoms with E-state index >= 15 is 0 Å². The number of phenolic OH excluding ortho intramolecular Hbond substituents is 1. The van der Waals surface area contributed by atoms with Gasteiger partial charge in [0.15, 0.2) is 17.4 Å². The van der Waals surface area contributed by atoms with Gasteiger partial charge in [0.25, 0.3) is 5.91 Å². The summed E-state index contributed by atoms with van der Waals surface area (Å²) in [5, 5.41) is 21.8. The average molecular weight is 376 g/mol. The Balaban J connectivity index is 1.62. The molecule has 3 N–H and O–H groups in total. The summed E-state index contributed by atoms with van der Waals surface area (Å²) in [7, 11) is 0. The minimum atomic E-state index is -1.29. The predicted octanol–water partition coefficient (Wildman–Crippen LogP) is 2.52. The van der Waals surface area contributed by atoms with Gasteiger partial charge in [-0.15, -0.1) is 0 Å². The molecule has 0 saturated carbocycles. The zero-order chi connectivity index (χ0) is 19.4. The molecule has 0 radical (unpaired) electrons. The Labute approximate surface area is 156 Å². The monoisotopic (exact) mass is 376 g/mol. The predicted molar refractivity (Wildman–Crippen MR) is 97.5 cm³/mol. The van der Waals surface area contributed by atoms with E-state index in [9.17, 15) is 23.8 Å². The number of carbonyl (C=O) groups excluding carboxylic acids is 1. The third-order valence-electron chi connectivity index (χ3n) is 4.74. The van der Waals surface area contributed by atoms with Crippen molar-refractivity contribution < 1.29 is 23.8 Å². The van der Waals surface area contributed by atoms with Gasteiger partial charge in [-0.05, 0) is 48.2 Å². The normalized spacial score (nSPS) is 15.7. The van der Waals surface area contributed by atoms with Crippen LogP contribution >= 0.6 is 0 Å². The molecule has 0 aromatic heterocycles. The quantitative estimate of drug-likeness (QED) is 0.750. The van der Waals surface area contributed by atoms with Crippen LogP contribution in [-0.4, -0.2) is 53.3 Å². The van der Waals surface area contributed by atoms with Crippen molar-refractivity contribution in [1.29, 1.82) is 0 Å². The lowest BCUT2D eigenvalue weighted by Crippen LogP contribution is -2.40. The standard InChI is InChI=1S/C20H22F2N2O3/c21-17-11-15(12-18(26)19(17)22)13-2-1-3-14(10-13)20(27)23-6-9-24-7-4-16(25)5-8-24/h1-3,10-12,16,25-26H,4-9H2,(H,23,27). The van der Waals surface area contributed by atoms with E-state index in [1.807, 2.05) is 0 Å². The van der Waals surface area contributed by atoms with Crippen molar-refractivity contribution in [1.82, 2.24) is 10.2 Å². The number of piperidine rings is 1. The maximum atomic E-state index is 13.5. The molecule has 0 atom stereocenters. The third kappa shape index (κ3) is 4.81. The van der Waals surface area contributed by atoms with Gasteiger partial charge in [-0.3, -0.25) is 4.79 Å². The average Bonchev–Trinajstić information content (AvgIpc) is 2.67. The van der Waals surface area contributed by atoms with Crippen LogP contribution in [-0.2, 0) is 0 Å². The van der Waals surface area contributed by atoms with Gasteiger partial charge >= 0.3 is 0 Å². The summed E-state index contributed by atoms with van der Waals surface area (Å²) < 4.78 is 26.8. The molecule has 2 aromatic rings. The third-order valence-corrected chi connectivity index (χ3v) is 4.74. The molecule has 5 nitrogen and oxygen atoms in total. The van der Waals surface area contributed by atoms with Gasteiger partial charge in [0.2, 0.25) is 0 Å². The molecule has 1 fully saturated rings. The lowest BCUT2D eigenvalue weighted by atomic mass is 10.0. The van der Waals surface area contributed by atoms with Gasteiger partial charge in [-0.2, -0.15) is 4.39 Å². The van der Waals surface area contributed by atoms with Crippen LogP contribution in [0.5, 0.6) is 5.75 Å². The summed E-state index contributed by atoms with van der Waals surface area (Å²) >= 11 is 0. The van der Waals surface area contributed by atoms with Crippen LogP contribution in [0.15, 0.2) is 36.4 Å². The Bertz CT molecular complexity index is 798. The molecule has 1 amide bonds. The highest BCUT2D eigenvalue weighted by Crippen LogP contribution is 2.28. The number of benzene rings is 2. The van der Waals surface area contributed by atoms with Crippen LogP contribution in [0, 0.1) is 11.6 Å². The summed E-state index contributed by atoms with van der Waals surface area (Å²) in [6.45, 7) is 2.80. The minimum Gasteiger partial charge on any atom is -0.505 e. The van der Waals surface area contributed by atoms with Crippen molar-refractivity contribution in [3.63, 3.8) is 0 Å². The summed E-state index contributed by atoms with van der Waals surface area (Å²) in [5.41, 5.74) is 1.18. The Morgan fingerprint density at radius 1 is 1.15 bits per heavy atom. The molecular weight excluding hydrogens is 354 g/mol. The number of aliphatic hydroxyl groups excluding tert-OH is 1. The highest BCUT2D eigenvalue weighted by atomic mass is 19.2. The molecule has 1 heterocycles. The molecule has 27 heavy (non-hydrogen) atoms. The fourth-order valence-electron chi connectivity index (χ4n) is 3.15. The highest BCUT2D eigenvalue weighted by Gasteiger charge is 2.17. The lowest BCUT2D eigenvalue weighted by molar-refractivity contribution is 0.0804. The fraction of sp³-hybridized carbons (Fsp3) is 0.350. The van der Waals surface area contributed by atoms with Crippen LogP contribution in [0.2, 0.25) is 0 Å². The molecule has 0 unspecified atom stereocenters. The summed E-state index contributed by atoms with van der Waals surface area (Å²) in [5.74, 6) is -3.48. The molecule has 3 rings (SSSR count). The molecule has 0 spiro atoms. The van der Waals surface area contributed by atoms with Crippen LogP contribution in [0.3, 0.4) is 0 Å². The number of hydrogen-bond donors (Lipinski definition) is 3. The number of nitrogens with zero attached hydrogens (tertiary/aromatic N) is 1. The number of nitrogens with one attached hydrogen (secondary N) is 1. The first-order chi connectivity index (χ1) is 12.9. The van der Waals surface area contributed by atoms with Crippen LogP contribution in [0.4, 0.5) is 8.78 Å². The zero-order valence-electron chi connectivity index (χ0n) is 14.8. The van der Waals surface area contributed by atoms with Crippen molar-refractivity contribution in [3.05, 3.63) is 53.6 Å². The van der Waals surface area contributed by atoms with E-state index in [0.29, 0.717) is 24.2 Å². The Kier molecular flexibility index (Phi) is 6.03. The second-order valence-corrected chi connectivity index (χ2v) is 6.70.